The fourth-order valence-corrected chi connectivity index (χ4v) is 4.89. The summed E-state index contributed by atoms with van der Waals surface area (Å²) in [5.74, 6) is -1.27. The number of carbonyl (C=O) groups is 1. The van der Waals surface area contributed by atoms with Gasteiger partial charge in [0.2, 0.25) is 10.0 Å². The van der Waals surface area contributed by atoms with Crippen LogP contribution in [-0.2, 0) is 32.3 Å². The van der Waals surface area contributed by atoms with E-state index in [2.05, 4.69) is 0 Å². The average Bonchev–Trinajstić information content (AvgIpc) is 2.66. The summed E-state index contributed by atoms with van der Waals surface area (Å²) in [5, 5.41) is 0. The van der Waals surface area contributed by atoms with E-state index in [1.165, 1.54) is 0 Å². The second-order valence-electron chi connectivity index (χ2n) is 8.78. The molecule has 0 saturated carbocycles. The maximum absolute atomic E-state index is 13.6. The van der Waals surface area contributed by atoms with Gasteiger partial charge in [0.15, 0.2) is 0 Å². The molecule has 2 rings (SSSR count). The van der Waals surface area contributed by atoms with Crippen LogP contribution < -0.4 is 0 Å². The van der Waals surface area contributed by atoms with Crippen LogP contribution in [-0.4, -0.2) is 30.3 Å². The van der Waals surface area contributed by atoms with Crippen molar-refractivity contribution in [3.8, 4) is 0 Å². The van der Waals surface area contributed by atoms with Crippen molar-refractivity contribution < 1.29 is 31.1 Å². The number of hydrogen-bond donors (Lipinski definition) is 0. The van der Waals surface area contributed by atoms with Crippen LogP contribution in [0, 0.1) is 5.92 Å². The summed E-state index contributed by atoms with van der Waals surface area (Å²) in [4.78, 5) is 12.5. The molecule has 0 saturated heterocycles. The van der Waals surface area contributed by atoms with Crippen LogP contribution in [0.15, 0.2) is 59.5 Å². The Balaban J connectivity index is 2.63. The van der Waals surface area contributed by atoms with Gasteiger partial charge in [0.05, 0.1) is 10.5 Å². The number of ether oxygens (including phenoxy) is 1. The molecule has 5 nitrogen and oxygen atoms in total. The zero-order valence-electron chi connectivity index (χ0n) is 18.7. The van der Waals surface area contributed by atoms with Gasteiger partial charge in [-0.25, -0.2) is 8.42 Å². The number of benzene rings is 2. The third kappa shape index (κ3) is 6.56. The normalized spacial score (nSPS) is 13.9. The molecule has 0 amide bonds. The first-order chi connectivity index (χ1) is 14.6. The summed E-state index contributed by atoms with van der Waals surface area (Å²) in [6.45, 7) is 8.09. The SMILES string of the molecule is CC(C)[C@@H](C(=O)OC(C)(C)C)N(Cc1ccccc1)S(=O)(=O)c1cccc(C(F)(F)F)c1. The molecule has 0 fully saturated rings. The number of halogens is 3. The molecular weight excluding hydrogens is 443 g/mol. The molecule has 9 heteroatoms. The van der Waals surface area contributed by atoms with Crippen molar-refractivity contribution in [2.24, 2.45) is 5.92 Å². The summed E-state index contributed by atoms with van der Waals surface area (Å²) in [5.41, 5.74) is -1.38. The molecule has 0 aromatic heterocycles. The number of esters is 1. The number of rotatable bonds is 7. The Kier molecular flexibility index (Phi) is 7.78. The fourth-order valence-electron chi connectivity index (χ4n) is 3.15. The maximum atomic E-state index is 13.6. The maximum Gasteiger partial charge on any atom is 0.416 e. The Labute approximate surface area is 187 Å². The lowest BCUT2D eigenvalue weighted by atomic mass is 10.0. The van der Waals surface area contributed by atoms with Crippen LogP contribution in [0.1, 0.15) is 45.7 Å². The van der Waals surface area contributed by atoms with E-state index in [1.807, 2.05) is 0 Å². The molecule has 0 radical (unpaired) electrons. The average molecular weight is 472 g/mol. The predicted molar refractivity (Wildman–Crippen MR) is 115 cm³/mol. The highest BCUT2D eigenvalue weighted by Crippen LogP contribution is 2.33. The standard InChI is InChI=1S/C23H28F3NO4S/c1-16(2)20(21(28)31-22(3,4)5)27(15-17-10-7-6-8-11-17)32(29,30)19-13-9-12-18(14-19)23(24,25)26/h6-14,16,20H,15H2,1-5H3/t20-/m0/s1. The third-order valence-electron chi connectivity index (χ3n) is 4.54. The van der Waals surface area contributed by atoms with Crippen molar-refractivity contribution in [3.63, 3.8) is 0 Å². The minimum Gasteiger partial charge on any atom is -0.459 e. The second-order valence-corrected chi connectivity index (χ2v) is 10.7. The molecule has 0 bridgehead atoms. The molecule has 0 aliphatic heterocycles. The first-order valence-electron chi connectivity index (χ1n) is 10.1. The smallest absolute Gasteiger partial charge is 0.416 e. The van der Waals surface area contributed by atoms with Gasteiger partial charge < -0.3 is 4.74 Å². The molecule has 0 N–H and O–H groups in total. The van der Waals surface area contributed by atoms with Gasteiger partial charge in [0, 0.05) is 6.54 Å². The van der Waals surface area contributed by atoms with Gasteiger partial charge in [-0.1, -0.05) is 50.2 Å². The summed E-state index contributed by atoms with van der Waals surface area (Å²) in [7, 11) is -4.49. The van der Waals surface area contributed by atoms with Crippen molar-refractivity contribution >= 4 is 16.0 Å². The number of sulfonamides is 1. The topological polar surface area (TPSA) is 63.7 Å². The van der Waals surface area contributed by atoms with Crippen molar-refractivity contribution in [2.75, 3.05) is 0 Å². The highest BCUT2D eigenvalue weighted by Gasteiger charge is 2.41. The van der Waals surface area contributed by atoms with Crippen LogP contribution in [0.3, 0.4) is 0 Å². The summed E-state index contributed by atoms with van der Waals surface area (Å²) >= 11 is 0. The van der Waals surface area contributed by atoms with E-state index < -0.39 is 50.2 Å². The number of alkyl halides is 3. The van der Waals surface area contributed by atoms with Crippen LogP contribution in [0.4, 0.5) is 13.2 Å². The van der Waals surface area contributed by atoms with E-state index in [1.54, 1.807) is 65.0 Å². The predicted octanol–water partition coefficient (Wildman–Crippen LogP) is 5.26. The fraction of sp³-hybridized carbons (Fsp3) is 0.435. The summed E-state index contributed by atoms with van der Waals surface area (Å²) in [6.07, 6.45) is -4.71. The Morgan fingerprint density at radius 1 is 1.00 bits per heavy atom. The molecule has 1 atom stereocenters. The van der Waals surface area contributed by atoms with E-state index >= 15 is 0 Å². The van der Waals surface area contributed by atoms with Crippen LogP contribution in [0.25, 0.3) is 0 Å². The highest BCUT2D eigenvalue weighted by atomic mass is 32.2. The van der Waals surface area contributed by atoms with Crippen LogP contribution in [0.2, 0.25) is 0 Å². The molecule has 0 spiro atoms. The molecule has 176 valence electrons. The quantitative estimate of drug-likeness (QED) is 0.517. The minimum atomic E-state index is -4.71. The Bertz CT molecular complexity index is 1030. The lowest BCUT2D eigenvalue weighted by Gasteiger charge is -2.34. The van der Waals surface area contributed by atoms with E-state index in [0.29, 0.717) is 11.6 Å². The van der Waals surface area contributed by atoms with Crippen molar-refractivity contribution in [1.29, 1.82) is 0 Å². The number of nitrogens with zero attached hydrogens (tertiary/aromatic N) is 1. The van der Waals surface area contributed by atoms with E-state index in [4.69, 9.17) is 4.74 Å². The van der Waals surface area contributed by atoms with Gasteiger partial charge in [-0.05, 0) is 50.5 Å². The molecule has 0 heterocycles. The highest BCUT2D eigenvalue weighted by molar-refractivity contribution is 7.89. The minimum absolute atomic E-state index is 0.207. The van der Waals surface area contributed by atoms with Crippen molar-refractivity contribution in [1.82, 2.24) is 4.31 Å². The van der Waals surface area contributed by atoms with Crippen LogP contribution in [0.5, 0.6) is 0 Å². The molecule has 0 aliphatic carbocycles. The molecule has 2 aromatic rings. The van der Waals surface area contributed by atoms with Crippen LogP contribution >= 0.6 is 0 Å². The number of carbonyl (C=O) groups excluding carboxylic acids is 1. The zero-order valence-corrected chi connectivity index (χ0v) is 19.5. The second kappa shape index (κ2) is 9.62. The van der Waals surface area contributed by atoms with Gasteiger partial charge >= 0.3 is 12.1 Å². The summed E-state index contributed by atoms with van der Waals surface area (Å²) < 4.78 is 73.2. The summed E-state index contributed by atoms with van der Waals surface area (Å²) in [6, 6.07) is 10.8. The zero-order chi connectivity index (χ0) is 24.3. The van der Waals surface area contributed by atoms with Gasteiger partial charge in [0.1, 0.15) is 11.6 Å². The Hall–Kier alpha value is -2.39. The lowest BCUT2D eigenvalue weighted by Crippen LogP contribution is -2.49. The van der Waals surface area contributed by atoms with E-state index in [9.17, 15) is 26.4 Å². The lowest BCUT2D eigenvalue weighted by molar-refractivity contribution is -0.161. The molecule has 32 heavy (non-hydrogen) atoms. The molecular formula is C23H28F3NO4S. The van der Waals surface area contributed by atoms with Crippen molar-refractivity contribution in [2.45, 2.75) is 63.9 Å². The first kappa shape index (κ1) is 25.9. The first-order valence-corrected chi connectivity index (χ1v) is 11.5. The van der Waals surface area contributed by atoms with Gasteiger partial charge in [0.25, 0.3) is 0 Å². The largest absolute Gasteiger partial charge is 0.459 e. The molecule has 2 aromatic carbocycles. The Morgan fingerprint density at radius 2 is 1.59 bits per heavy atom. The number of hydrogen-bond acceptors (Lipinski definition) is 4. The van der Waals surface area contributed by atoms with Gasteiger partial charge in [-0.3, -0.25) is 4.79 Å². The molecule has 0 aliphatic rings. The Morgan fingerprint density at radius 3 is 2.09 bits per heavy atom. The third-order valence-corrected chi connectivity index (χ3v) is 6.36. The molecule has 0 unspecified atom stereocenters. The van der Waals surface area contributed by atoms with Crippen molar-refractivity contribution in [3.05, 3.63) is 65.7 Å². The van der Waals surface area contributed by atoms with Gasteiger partial charge in [-0.15, -0.1) is 0 Å². The van der Waals surface area contributed by atoms with E-state index in [0.717, 1.165) is 22.5 Å². The van der Waals surface area contributed by atoms with Gasteiger partial charge in [-0.2, -0.15) is 17.5 Å². The van der Waals surface area contributed by atoms with E-state index in [-0.39, 0.29) is 6.54 Å². The monoisotopic (exact) mass is 471 g/mol.